The van der Waals surface area contributed by atoms with Gasteiger partial charge in [-0.05, 0) is 6.92 Å². The van der Waals surface area contributed by atoms with Crippen LogP contribution in [0.3, 0.4) is 0 Å². The van der Waals surface area contributed by atoms with Gasteiger partial charge in [0.2, 0.25) is 0 Å². The summed E-state index contributed by atoms with van der Waals surface area (Å²) in [5.74, 6) is -0.781. The fourth-order valence-corrected chi connectivity index (χ4v) is 2.12. The monoisotopic (exact) mass is 307 g/mol. The van der Waals surface area contributed by atoms with E-state index in [0.29, 0.717) is 17.2 Å². The van der Waals surface area contributed by atoms with Gasteiger partial charge in [0, 0.05) is 18.2 Å². The van der Waals surface area contributed by atoms with Crippen LogP contribution >= 0.6 is 0 Å². The number of nitrogens with zero attached hydrogens (tertiary/aromatic N) is 1. The molecule has 1 aliphatic heterocycles. The van der Waals surface area contributed by atoms with E-state index in [1.54, 1.807) is 25.1 Å². The van der Waals surface area contributed by atoms with E-state index >= 15 is 0 Å². The summed E-state index contributed by atoms with van der Waals surface area (Å²) < 4.78 is 15.1. The zero-order valence-corrected chi connectivity index (χ0v) is 12.6. The number of carbonyl (C=O) groups is 2. The van der Waals surface area contributed by atoms with Crippen LogP contribution in [0.25, 0.3) is 0 Å². The second-order valence-electron chi connectivity index (χ2n) is 4.50. The first-order valence-corrected chi connectivity index (χ1v) is 6.66. The van der Waals surface area contributed by atoms with Crippen LogP contribution in [0.15, 0.2) is 29.5 Å². The second-order valence-corrected chi connectivity index (χ2v) is 4.50. The maximum absolute atomic E-state index is 12.4. The molecule has 7 heteroatoms. The maximum atomic E-state index is 12.4. The molecule has 0 unspecified atom stereocenters. The number of benzene rings is 1. The van der Waals surface area contributed by atoms with Gasteiger partial charge in [0.15, 0.2) is 5.57 Å². The molecule has 2 rings (SSSR count). The molecule has 0 bridgehead atoms. The van der Waals surface area contributed by atoms with Crippen molar-refractivity contribution in [2.75, 3.05) is 32.3 Å². The number of esters is 1. The Morgan fingerprint density at radius 1 is 1.23 bits per heavy atom. The third-order valence-electron chi connectivity index (χ3n) is 3.18. The number of hydrogen-bond donors (Lipinski definition) is 1. The first-order chi connectivity index (χ1) is 10.5. The normalized spacial score (nSPS) is 14.3. The molecule has 7 nitrogen and oxygen atoms in total. The summed E-state index contributed by atoms with van der Waals surface area (Å²) in [6.45, 7) is 1.64. The number of carbonyl (C=O) groups excluding carboxylic acids is 2. The highest BCUT2D eigenvalue weighted by Gasteiger charge is 2.37. The largest absolute Gasteiger partial charge is 0.509 e. The summed E-state index contributed by atoms with van der Waals surface area (Å²) in [5.41, 5.74) is 0.107. The highest BCUT2D eigenvalue weighted by molar-refractivity contribution is 6.24. The van der Waals surface area contributed by atoms with E-state index in [9.17, 15) is 14.7 Å². The van der Waals surface area contributed by atoms with Crippen molar-refractivity contribution in [3.63, 3.8) is 0 Å². The molecule has 118 valence electrons. The predicted molar refractivity (Wildman–Crippen MR) is 78.2 cm³/mol. The Hall–Kier alpha value is -2.70. The van der Waals surface area contributed by atoms with Crippen molar-refractivity contribution in [2.45, 2.75) is 6.92 Å². The first kappa shape index (κ1) is 15.7. The minimum atomic E-state index is -0.831. The third-order valence-corrected chi connectivity index (χ3v) is 3.18. The fourth-order valence-electron chi connectivity index (χ4n) is 2.12. The molecule has 0 radical (unpaired) electrons. The lowest BCUT2D eigenvalue weighted by Gasteiger charge is -2.18. The van der Waals surface area contributed by atoms with Crippen molar-refractivity contribution in [1.29, 1.82) is 0 Å². The van der Waals surface area contributed by atoms with Gasteiger partial charge in [-0.1, -0.05) is 0 Å². The first-order valence-electron chi connectivity index (χ1n) is 6.66. The van der Waals surface area contributed by atoms with Crippen LogP contribution in [-0.4, -0.2) is 44.4 Å². The standard InChI is InChI=1S/C15H17NO6/c1-4-22-15(19)13-12(17)8-16(14(13)18)9-5-10(20-2)7-11(6-9)21-3/h5-7,17H,4,8H2,1-3H3. The Morgan fingerprint density at radius 2 is 1.82 bits per heavy atom. The molecule has 0 atom stereocenters. The molecule has 0 fully saturated rings. The molecule has 0 aromatic heterocycles. The molecule has 1 amide bonds. The van der Waals surface area contributed by atoms with Gasteiger partial charge in [-0.2, -0.15) is 0 Å². The van der Waals surface area contributed by atoms with E-state index in [1.165, 1.54) is 19.1 Å². The van der Waals surface area contributed by atoms with Crippen LogP contribution < -0.4 is 14.4 Å². The molecule has 1 aromatic carbocycles. The van der Waals surface area contributed by atoms with Crippen LogP contribution in [0.5, 0.6) is 11.5 Å². The van der Waals surface area contributed by atoms with Gasteiger partial charge >= 0.3 is 5.97 Å². The molecule has 0 saturated carbocycles. The number of methoxy groups -OCH3 is 2. The smallest absolute Gasteiger partial charge is 0.347 e. The fraction of sp³-hybridized carbons (Fsp3) is 0.333. The van der Waals surface area contributed by atoms with Crippen molar-refractivity contribution in [1.82, 2.24) is 0 Å². The van der Waals surface area contributed by atoms with Crippen LogP contribution in [0, 0.1) is 0 Å². The Labute approximate surface area is 127 Å². The zero-order chi connectivity index (χ0) is 16.3. The van der Waals surface area contributed by atoms with Crippen molar-refractivity contribution in [2.24, 2.45) is 0 Å². The van der Waals surface area contributed by atoms with Crippen molar-refractivity contribution in [3.8, 4) is 11.5 Å². The number of anilines is 1. The lowest BCUT2D eigenvalue weighted by atomic mass is 10.2. The van der Waals surface area contributed by atoms with E-state index in [4.69, 9.17) is 14.2 Å². The second kappa shape index (κ2) is 6.38. The summed E-state index contributed by atoms with van der Waals surface area (Å²) in [4.78, 5) is 25.4. The molecule has 22 heavy (non-hydrogen) atoms. The van der Waals surface area contributed by atoms with Gasteiger partial charge in [0.05, 0.1) is 33.1 Å². The van der Waals surface area contributed by atoms with Crippen molar-refractivity contribution >= 4 is 17.6 Å². The molecule has 1 aliphatic rings. The zero-order valence-electron chi connectivity index (χ0n) is 12.6. The van der Waals surface area contributed by atoms with Gasteiger partial charge in [0.1, 0.15) is 17.3 Å². The van der Waals surface area contributed by atoms with E-state index in [1.807, 2.05) is 0 Å². The summed E-state index contributed by atoms with van der Waals surface area (Å²) >= 11 is 0. The van der Waals surface area contributed by atoms with E-state index in [2.05, 4.69) is 0 Å². The Morgan fingerprint density at radius 3 is 2.32 bits per heavy atom. The summed E-state index contributed by atoms with van der Waals surface area (Å²) in [6, 6.07) is 4.88. The number of rotatable bonds is 5. The highest BCUT2D eigenvalue weighted by atomic mass is 16.5. The molecule has 1 aromatic rings. The predicted octanol–water partition coefficient (Wildman–Crippen LogP) is 1.43. The molecule has 0 spiro atoms. The Balaban J connectivity index is 2.33. The lowest BCUT2D eigenvalue weighted by molar-refractivity contribution is -0.139. The average Bonchev–Trinajstić information content (AvgIpc) is 2.81. The Bertz CT molecular complexity index is 615. The van der Waals surface area contributed by atoms with Crippen molar-refractivity contribution in [3.05, 3.63) is 29.5 Å². The number of aliphatic hydroxyl groups excluding tert-OH is 1. The molecule has 1 N–H and O–H groups in total. The minimum absolute atomic E-state index is 0.108. The van der Waals surface area contributed by atoms with Gasteiger partial charge in [0.25, 0.3) is 5.91 Å². The van der Waals surface area contributed by atoms with Crippen molar-refractivity contribution < 1.29 is 28.9 Å². The number of ether oxygens (including phenoxy) is 3. The van der Waals surface area contributed by atoms with Crippen LogP contribution in [-0.2, 0) is 14.3 Å². The van der Waals surface area contributed by atoms with E-state index < -0.39 is 11.9 Å². The number of aliphatic hydroxyl groups is 1. The average molecular weight is 307 g/mol. The molecular weight excluding hydrogens is 290 g/mol. The SMILES string of the molecule is CCOC(=O)C1=C(O)CN(c2cc(OC)cc(OC)c2)C1=O. The topological polar surface area (TPSA) is 85.3 Å². The number of amides is 1. The lowest BCUT2D eigenvalue weighted by Crippen LogP contribution is -2.29. The van der Waals surface area contributed by atoms with Gasteiger partial charge in [-0.15, -0.1) is 0 Å². The minimum Gasteiger partial charge on any atom is -0.509 e. The Kier molecular flexibility index (Phi) is 4.55. The molecule has 0 saturated heterocycles. The summed E-state index contributed by atoms with van der Waals surface area (Å²) in [5, 5.41) is 9.89. The third kappa shape index (κ3) is 2.83. The van der Waals surface area contributed by atoms with Gasteiger partial charge < -0.3 is 24.2 Å². The van der Waals surface area contributed by atoms with E-state index in [-0.39, 0.29) is 24.5 Å². The quantitative estimate of drug-likeness (QED) is 0.654. The molecule has 0 aliphatic carbocycles. The number of hydrogen-bond acceptors (Lipinski definition) is 6. The van der Waals surface area contributed by atoms with E-state index in [0.717, 1.165) is 0 Å². The molecule has 1 heterocycles. The van der Waals surface area contributed by atoms with Gasteiger partial charge in [-0.3, -0.25) is 4.79 Å². The maximum Gasteiger partial charge on any atom is 0.347 e. The molecular formula is C15H17NO6. The summed E-state index contributed by atoms with van der Waals surface area (Å²) in [7, 11) is 2.98. The van der Waals surface area contributed by atoms with Gasteiger partial charge in [-0.25, -0.2) is 4.79 Å². The van der Waals surface area contributed by atoms with Crippen LogP contribution in [0.2, 0.25) is 0 Å². The van der Waals surface area contributed by atoms with Crippen LogP contribution in [0.1, 0.15) is 6.92 Å². The summed E-state index contributed by atoms with van der Waals surface area (Å²) in [6.07, 6.45) is 0. The highest BCUT2D eigenvalue weighted by Crippen LogP contribution is 2.32. The van der Waals surface area contributed by atoms with Crippen LogP contribution in [0.4, 0.5) is 5.69 Å².